The maximum atomic E-state index is 12.1. The highest BCUT2D eigenvalue weighted by atomic mass is 32.1. The smallest absolute Gasteiger partial charge is 0.262 e. The first-order valence-corrected chi connectivity index (χ1v) is 7.33. The molecule has 0 aliphatic rings. The van der Waals surface area contributed by atoms with Gasteiger partial charge >= 0.3 is 0 Å². The Hall–Kier alpha value is -1.73. The van der Waals surface area contributed by atoms with Gasteiger partial charge in [0, 0.05) is 19.5 Å². The second-order valence-electron chi connectivity index (χ2n) is 4.62. The summed E-state index contributed by atoms with van der Waals surface area (Å²) in [6, 6.07) is 1.74. The first-order valence-electron chi connectivity index (χ1n) is 6.45. The van der Waals surface area contributed by atoms with Crippen LogP contribution in [0.5, 0.6) is 0 Å². The van der Waals surface area contributed by atoms with Crippen LogP contribution < -0.4 is 10.9 Å². The Kier molecular flexibility index (Phi) is 4.86. The number of aliphatic hydroxyl groups excluding tert-OH is 1. The number of carbonyl (C=O) groups excluding carboxylic acids is 1. The molecule has 1 atom stereocenters. The summed E-state index contributed by atoms with van der Waals surface area (Å²) in [5.74, 6) is -0.136. The Morgan fingerprint density at radius 3 is 3.15 bits per heavy atom. The average Bonchev–Trinajstić information content (AvgIpc) is 2.86. The van der Waals surface area contributed by atoms with E-state index in [9.17, 15) is 9.59 Å². The lowest BCUT2D eigenvalue weighted by atomic mass is 10.3. The molecule has 108 valence electrons. The fourth-order valence-electron chi connectivity index (χ4n) is 1.78. The molecule has 0 aliphatic heterocycles. The van der Waals surface area contributed by atoms with E-state index in [2.05, 4.69) is 10.3 Å². The van der Waals surface area contributed by atoms with Crippen LogP contribution in [0.3, 0.4) is 0 Å². The summed E-state index contributed by atoms with van der Waals surface area (Å²) in [5, 5.41) is 14.2. The Morgan fingerprint density at radius 2 is 2.40 bits per heavy atom. The van der Waals surface area contributed by atoms with Gasteiger partial charge in [-0.15, -0.1) is 11.3 Å². The van der Waals surface area contributed by atoms with Crippen molar-refractivity contribution in [2.24, 2.45) is 0 Å². The minimum Gasteiger partial charge on any atom is -0.393 e. The first kappa shape index (κ1) is 14.7. The van der Waals surface area contributed by atoms with Crippen molar-refractivity contribution in [2.75, 3.05) is 6.54 Å². The van der Waals surface area contributed by atoms with Crippen LogP contribution in [-0.2, 0) is 11.3 Å². The zero-order chi connectivity index (χ0) is 14.5. The van der Waals surface area contributed by atoms with E-state index in [0.29, 0.717) is 29.7 Å². The van der Waals surface area contributed by atoms with Gasteiger partial charge in [0.25, 0.3) is 5.56 Å². The standard InChI is InChI=1S/C13H17N3O3S/c1-9(17)2-5-14-11(18)3-6-16-8-15-12-10(13(16)19)4-7-20-12/h4,7-9,17H,2-3,5-6H2,1H3,(H,14,18). The summed E-state index contributed by atoms with van der Waals surface area (Å²) in [7, 11) is 0. The molecule has 1 unspecified atom stereocenters. The van der Waals surface area contributed by atoms with Gasteiger partial charge in [0.15, 0.2) is 0 Å². The van der Waals surface area contributed by atoms with Crippen LogP contribution in [-0.4, -0.2) is 33.2 Å². The molecule has 2 aromatic rings. The van der Waals surface area contributed by atoms with Gasteiger partial charge in [-0.1, -0.05) is 0 Å². The molecule has 20 heavy (non-hydrogen) atoms. The third-order valence-corrected chi connectivity index (χ3v) is 3.74. The molecule has 6 nitrogen and oxygen atoms in total. The molecule has 1 amide bonds. The second kappa shape index (κ2) is 6.62. The van der Waals surface area contributed by atoms with Gasteiger partial charge in [-0.05, 0) is 24.8 Å². The summed E-state index contributed by atoms with van der Waals surface area (Å²) < 4.78 is 1.45. The van der Waals surface area contributed by atoms with Crippen molar-refractivity contribution in [3.05, 3.63) is 28.1 Å². The highest BCUT2D eigenvalue weighted by Crippen LogP contribution is 2.13. The monoisotopic (exact) mass is 295 g/mol. The van der Waals surface area contributed by atoms with Gasteiger partial charge in [0.1, 0.15) is 4.83 Å². The number of rotatable bonds is 6. The fourth-order valence-corrected chi connectivity index (χ4v) is 2.51. The van der Waals surface area contributed by atoms with E-state index in [0.717, 1.165) is 0 Å². The number of thiophene rings is 1. The molecular formula is C13H17N3O3S. The van der Waals surface area contributed by atoms with Crippen molar-refractivity contribution < 1.29 is 9.90 Å². The van der Waals surface area contributed by atoms with Crippen LogP contribution in [0, 0.1) is 0 Å². The lowest BCUT2D eigenvalue weighted by Gasteiger charge is -2.08. The third-order valence-electron chi connectivity index (χ3n) is 2.91. The lowest BCUT2D eigenvalue weighted by molar-refractivity contribution is -0.121. The molecule has 0 saturated carbocycles. The number of fused-ring (bicyclic) bond motifs is 1. The number of hydrogen-bond acceptors (Lipinski definition) is 5. The summed E-state index contributed by atoms with van der Waals surface area (Å²) in [4.78, 5) is 28.6. The second-order valence-corrected chi connectivity index (χ2v) is 5.51. The fraction of sp³-hybridized carbons (Fsp3) is 0.462. The summed E-state index contributed by atoms with van der Waals surface area (Å²) >= 11 is 1.42. The van der Waals surface area contributed by atoms with E-state index < -0.39 is 6.10 Å². The topological polar surface area (TPSA) is 84.2 Å². The van der Waals surface area contributed by atoms with Crippen molar-refractivity contribution in [3.8, 4) is 0 Å². The third kappa shape index (κ3) is 3.64. The van der Waals surface area contributed by atoms with Gasteiger partial charge < -0.3 is 10.4 Å². The van der Waals surface area contributed by atoms with Crippen LogP contribution in [0.2, 0.25) is 0 Å². The van der Waals surface area contributed by atoms with Crippen LogP contribution in [0.25, 0.3) is 10.2 Å². The van der Waals surface area contributed by atoms with Crippen molar-refractivity contribution >= 4 is 27.5 Å². The number of nitrogens with one attached hydrogen (secondary N) is 1. The van der Waals surface area contributed by atoms with Gasteiger partial charge in [-0.25, -0.2) is 4.98 Å². The highest BCUT2D eigenvalue weighted by molar-refractivity contribution is 7.16. The van der Waals surface area contributed by atoms with E-state index in [1.807, 2.05) is 5.38 Å². The number of hydrogen-bond donors (Lipinski definition) is 2. The minimum absolute atomic E-state index is 0.118. The Labute approximate surface area is 120 Å². The number of aliphatic hydroxyl groups is 1. The molecule has 0 fully saturated rings. The van der Waals surface area contributed by atoms with Crippen molar-refractivity contribution in [1.29, 1.82) is 0 Å². The van der Waals surface area contributed by atoms with Crippen LogP contribution in [0.15, 0.2) is 22.6 Å². The summed E-state index contributed by atoms with van der Waals surface area (Å²) in [6.07, 6.45) is 1.79. The molecule has 2 rings (SSSR count). The van der Waals surface area contributed by atoms with E-state index in [4.69, 9.17) is 5.11 Å². The highest BCUT2D eigenvalue weighted by Gasteiger charge is 2.07. The molecule has 0 aliphatic carbocycles. The molecule has 7 heteroatoms. The average molecular weight is 295 g/mol. The van der Waals surface area contributed by atoms with Crippen molar-refractivity contribution in [3.63, 3.8) is 0 Å². The normalized spacial score (nSPS) is 12.5. The van der Waals surface area contributed by atoms with E-state index in [1.165, 1.54) is 22.2 Å². The molecule has 2 N–H and O–H groups in total. The Balaban J connectivity index is 1.91. The molecule has 2 aromatic heterocycles. The Bertz CT molecular complexity index is 648. The molecule has 0 radical (unpaired) electrons. The number of carbonyl (C=O) groups is 1. The minimum atomic E-state index is -0.428. The Morgan fingerprint density at radius 1 is 1.60 bits per heavy atom. The van der Waals surface area contributed by atoms with Gasteiger partial charge in [0.05, 0.1) is 17.8 Å². The summed E-state index contributed by atoms with van der Waals surface area (Å²) in [6.45, 7) is 2.42. The van der Waals surface area contributed by atoms with Crippen LogP contribution in [0.4, 0.5) is 0 Å². The maximum Gasteiger partial charge on any atom is 0.262 e. The van der Waals surface area contributed by atoms with Gasteiger partial charge in [0.2, 0.25) is 5.91 Å². The van der Waals surface area contributed by atoms with Gasteiger partial charge in [-0.3, -0.25) is 14.2 Å². The number of nitrogens with zero attached hydrogens (tertiary/aromatic N) is 2. The zero-order valence-electron chi connectivity index (χ0n) is 11.2. The molecule has 0 bridgehead atoms. The van der Waals surface area contributed by atoms with Crippen LogP contribution >= 0.6 is 11.3 Å². The largest absolute Gasteiger partial charge is 0.393 e. The lowest BCUT2D eigenvalue weighted by Crippen LogP contribution is -2.29. The molecule has 0 saturated heterocycles. The molecule has 0 aromatic carbocycles. The van der Waals surface area contributed by atoms with Gasteiger partial charge in [-0.2, -0.15) is 0 Å². The van der Waals surface area contributed by atoms with Crippen LogP contribution in [0.1, 0.15) is 19.8 Å². The summed E-state index contributed by atoms with van der Waals surface area (Å²) in [5.41, 5.74) is -0.118. The molecule has 0 spiro atoms. The van der Waals surface area contributed by atoms with E-state index in [1.54, 1.807) is 13.0 Å². The predicted molar refractivity (Wildman–Crippen MR) is 77.8 cm³/mol. The SMILES string of the molecule is CC(O)CCNC(=O)CCn1cnc2sccc2c1=O. The van der Waals surface area contributed by atoms with Crippen molar-refractivity contribution in [2.45, 2.75) is 32.4 Å². The maximum absolute atomic E-state index is 12.1. The van der Waals surface area contributed by atoms with E-state index >= 15 is 0 Å². The number of aromatic nitrogens is 2. The number of amides is 1. The quantitative estimate of drug-likeness (QED) is 0.823. The first-order chi connectivity index (χ1) is 9.58. The van der Waals surface area contributed by atoms with Crippen molar-refractivity contribution in [1.82, 2.24) is 14.9 Å². The molecule has 2 heterocycles. The van der Waals surface area contributed by atoms with E-state index in [-0.39, 0.29) is 17.9 Å². The number of aryl methyl sites for hydroxylation is 1. The predicted octanol–water partition coefficient (Wildman–Crippen LogP) is 0.735. The zero-order valence-corrected chi connectivity index (χ0v) is 12.0. The molecular weight excluding hydrogens is 278 g/mol.